The fraction of sp³-hybridized carbons (Fsp3) is 0.757. The molecule has 5 rings (SSSR count). The number of allylic oxidation sites excluding steroid dienone is 1. The van der Waals surface area contributed by atoms with Gasteiger partial charge in [0.2, 0.25) is 0 Å². The highest BCUT2D eigenvalue weighted by Crippen LogP contribution is 2.67. The molecule has 4 aliphatic carbocycles. The number of anilines is 2. The van der Waals surface area contributed by atoms with E-state index < -0.39 is 0 Å². The molecule has 1 aromatic carbocycles. The van der Waals surface area contributed by atoms with Crippen molar-refractivity contribution in [2.45, 2.75) is 131 Å². The maximum Gasteiger partial charge on any atom is 0.306 e. The summed E-state index contributed by atoms with van der Waals surface area (Å²) in [7, 11) is 0. The van der Waals surface area contributed by atoms with Crippen LogP contribution in [0.3, 0.4) is 0 Å². The van der Waals surface area contributed by atoms with Gasteiger partial charge in [0.05, 0.1) is 0 Å². The van der Waals surface area contributed by atoms with Crippen LogP contribution in [0.2, 0.25) is 0 Å². The summed E-state index contributed by atoms with van der Waals surface area (Å²) in [5, 5.41) is 0. The van der Waals surface area contributed by atoms with Crippen molar-refractivity contribution in [3.05, 3.63) is 35.4 Å². The molecule has 8 atom stereocenters. The molecule has 0 bridgehead atoms. The van der Waals surface area contributed by atoms with Crippen LogP contribution in [0.15, 0.2) is 29.8 Å². The Morgan fingerprint density at radius 1 is 1.00 bits per heavy atom. The molecule has 0 amide bonds. The van der Waals surface area contributed by atoms with E-state index in [0.717, 1.165) is 66.8 Å². The fourth-order valence-corrected chi connectivity index (χ4v) is 10.3. The average Bonchev–Trinajstić information content (AvgIpc) is 3.27. The molecule has 0 saturated heterocycles. The molecular formula is C37H58N2O2. The predicted molar refractivity (Wildman–Crippen MR) is 171 cm³/mol. The van der Waals surface area contributed by atoms with Gasteiger partial charge < -0.3 is 16.2 Å². The summed E-state index contributed by atoms with van der Waals surface area (Å²) in [6.45, 7) is 12.5. The Morgan fingerprint density at radius 2 is 1.80 bits per heavy atom. The molecule has 4 aliphatic rings. The number of carbonyl (C=O) groups excluding carboxylic acids is 1. The zero-order valence-electron chi connectivity index (χ0n) is 26.7. The van der Waals surface area contributed by atoms with Gasteiger partial charge in [-0.15, -0.1) is 0 Å². The van der Waals surface area contributed by atoms with E-state index in [9.17, 15) is 4.79 Å². The molecule has 0 aromatic heterocycles. The molecule has 0 spiro atoms. The highest BCUT2D eigenvalue weighted by molar-refractivity contribution is 5.69. The number of fused-ring (bicyclic) bond motifs is 5. The third kappa shape index (κ3) is 6.23. The van der Waals surface area contributed by atoms with E-state index in [4.69, 9.17) is 16.2 Å². The van der Waals surface area contributed by atoms with Crippen LogP contribution in [0.1, 0.15) is 124 Å². The van der Waals surface area contributed by atoms with E-state index in [-0.39, 0.29) is 12.1 Å². The molecular weight excluding hydrogens is 504 g/mol. The molecule has 4 heteroatoms. The normalized spacial score (nSPS) is 35.3. The Labute approximate surface area is 250 Å². The Hall–Kier alpha value is -1.97. The van der Waals surface area contributed by atoms with Crippen molar-refractivity contribution < 1.29 is 9.53 Å². The second kappa shape index (κ2) is 12.3. The minimum Gasteiger partial charge on any atom is -0.462 e. The number of hydrogen-bond donors (Lipinski definition) is 2. The zero-order valence-corrected chi connectivity index (χ0v) is 26.7. The molecule has 0 aliphatic heterocycles. The monoisotopic (exact) mass is 562 g/mol. The number of benzene rings is 1. The minimum atomic E-state index is -0.0603. The van der Waals surface area contributed by atoms with Crippen LogP contribution in [0.4, 0.5) is 11.4 Å². The molecule has 4 N–H and O–H groups in total. The first-order valence-corrected chi connectivity index (χ1v) is 17.0. The quantitative estimate of drug-likeness (QED) is 0.169. The van der Waals surface area contributed by atoms with Crippen molar-refractivity contribution in [1.29, 1.82) is 0 Å². The lowest BCUT2D eigenvalue weighted by Gasteiger charge is -2.58. The molecule has 3 fully saturated rings. The average molecular weight is 563 g/mol. The van der Waals surface area contributed by atoms with Crippen LogP contribution in [0.5, 0.6) is 0 Å². The van der Waals surface area contributed by atoms with Gasteiger partial charge in [-0.1, -0.05) is 71.6 Å². The lowest BCUT2D eigenvalue weighted by molar-refractivity contribution is -0.151. The summed E-state index contributed by atoms with van der Waals surface area (Å²) in [6.07, 6.45) is 18.8. The van der Waals surface area contributed by atoms with Gasteiger partial charge in [-0.05, 0) is 122 Å². The maximum atomic E-state index is 12.8. The van der Waals surface area contributed by atoms with Crippen LogP contribution < -0.4 is 11.5 Å². The lowest BCUT2D eigenvalue weighted by Crippen LogP contribution is -2.51. The van der Waals surface area contributed by atoms with Crippen molar-refractivity contribution in [2.24, 2.45) is 46.3 Å². The number of nitrogen functional groups attached to an aromatic ring is 2. The van der Waals surface area contributed by atoms with E-state index in [1.54, 1.807) is 11.6 Å². The molecule has 1 aromatic rings. The van der Waals surface area contributed by atoms with Crippen molar-refractivity contribution in [3.63, 3.8) is 0 Å². The fourth-order valence-electron chi connectivity index (χ4n) is 10.3. The van der Waals surface area contributed by atoms with Crippen LogP contribution >= 0.6 is 0 Å². The molecule has 0 heterocycles. The number of ether oxygens (including phenoxy) is 1. The minimum absolute atomic E-state index is 0.0383. The van der Waals surface area contributed by atoms with Crippen LogP contribution in [-0.4, -0.2) is 12.1 Å². The Bertz CT molecular complexity index is 1110. The Kier molecular flexibility index (Phi) is 9.17. The number of rotatable bonds is 10. The first-order chi connectivity index (χ1) is 19.5. The van der Waals surface area contributed by atoms with Crippen molar-refractivity contribution in [1.82, 2.24) is 0 Å². The van der Waals surface area contributed by atoms with E-state index in [1.165, 1.54) is 57.8 Å². The SMILES string of the molecule is CC(C)CCCC(C)C1CCC2C3CC=C4CC(OC(=O)CCCc5ccc(N)cc5N)CCC4(C)C3CCC12C. The summed E-state index contributed by atoms with van der Waals surface area (Å²) in [4.78, 5) is 12.8. The summed E-state index contributed by atoms with van der Waals surface area (Å²) < 4.78 is 6.05. The van der Waals surface area contributed by atoms with Crippen LogP contribution in [-0.2, 0) is 16.0 Å². The topological polar surface area (TPSA) is 78.3 Å². The van der Waals surface area contributed by atoms with Gasteiger partial charge in [-0.25, -0.2) is 0 Å². The number of hydrogen-bond acceptors (Lipinski definition) is 4. The number of esters is 1. The van der Waals surface area contributed by atoms with Gasteiger partial charge >= 0.3 is 5.97 Å². The van der Waals surface area contributed by atoms with Gasteiger partial charge in [-0.3, -0.25) is 4.79 Å². The summed E-state index contributed by atoms with van der Waals surface area (Å²) >= 11 is 0. The molecule has 0 radical (unpaired) electrons. The first-order valence-electron chi connectivity index (χ1n) is 17.0. The highest BCUT2D eigenvalue weighted by Gasteiger charge is 2.59. The molecule has 8 unspecified atom stereocenters. The van der Waals surface area contributed by atoms with Gasteiger partial charge in [0.1, 0.15) is 6.10 Å². The van der Waals surface area contributed by atoms with Gasteiger partial charge in [0, 0.05) is 24.2 Å². The van der Waals surface area contributed by atoms with E-state index >= 15 is 0 Å². The van der Waals surface area contributed by atoms with Crippen LogP contribution in [0, 0.1) is 46.3 Å². The standard InChI is InChI=1S/C37H58N2O2/c1-24(2)8-6-9-25(3)31-16-17-32-30-15-13-27-22-29(18-20-36(27,4)33(30)19-21-37(31,32)5)41-35(40)11-7-10-26-12-14-28(38)23-34(26)39/h12-14,23-25,29-33H,6-11,15-22,38-39H2,1-5H3. The second-order valence-corrected chi connectivity index (χ2v) is 15.5. The van der Waals surface area contributed by atoms with Crippen molar-refractivity contribution in [2.75, 3.05) is 11.5 Å². The first kappa shape index (κ1) is 30.5. The molecule has 4 nitrogen and oxygen atoms in total. The Balaban J connectivity index is 1.15. The third-order valence-electron chi connectivity index (χ3n) is 12.6. The van der Waals surface area contributed by atoms with Gasteiger partial charge in [0.15, 0.2) is 0 Å². The van der Waals surface area contributed by atoms with E-state index in [1.807, 2.05) is 12.1 Å². The van der Waals surface area contributed by atoms with Gasteiger partial charge in [-0.2, -0.15) is 0 Å². The lowest BCUT2D eigenvalue weighted by atomic mass is 9.47. The smallest absolute Gasteiger partial charge is 0.306 e. The van der Waals surface area contributed by atoms with Crippen molar-refractivity contribution >= 4 is 17.3 Å². The maximum absolute atomic E-state index is 12.8. The van der Waals surface area contributed by atoms with Crippen molar-refractivity contribution in [3.8, 4) is 0 Å². The van der Waals surface area contributed by atoms with E-state index in [0.29, 0.717) is 28.6 Å². The highest BCUT2D eigenvalue weighted by atomic mass is 16.5. The molecule has 3 saturated carbocycles. The van der Waals surface area contributed by atoms with E-state index in [2.05, 4.69) is 40.7 Å². The predicted octanol–water partition coefficient (Wildman–Crippen LogP) is 9.13. The third-order valence-corrected chi connectivity index (χ3v) is 12.6. The zero-order chi connectivity index (χ0) is 29.4. The van der Waals surface area contributed by atoms with Crippen LogP contribution in [0.25, 0.3) is 0 Å². The summed E-state index contributed by atoms with van der Waals surface area (Å²) in [6, 6.07) is 5.64. The number of nitrogens with two attached hydrogens (primary N) is 2. The molecule has 41 heavy (non-hydrogen) atoms. The largest absolute Gasteiger partial charge is 0.462 e. The number of aryl methyl sites for hydroxylation is 1. The Morgan fingerprint density at radius 3 is 2.56 bits per heavy atom. The van der Waals surface area contributed by atoms with Gasteiger partial charge in [0.25, 0.3) is 0 Å². The second-order valence-electron chi connectivity index (χ2n) is 15.5. The number of carbonyl (C=O) groups is 1. The summed E-state index contributed by atoms with van der Waals surface area (Å²) in [5.74, 6) is 5.07. The summed E-state index contributed by atoms with van der Waals surface area (Å²) in [5.41, 5.74) is 16.8. The molecule has 228 valence electrons.